The van der Waals surface area contributed by atoms with Crippen LogP contribution in [0.5, 0.6) is 0 Å². The molecule has 1 saturated carbocycles. The van der Waals surface area contributed by atoms with Gasteiger partial charge in [-0.2, -0.15) is 13.2 Å². The molecule has 1 saturated heterocycles. The maximum atomic E-state index is 13.1. The predicted octanol–water partition coefficient (Wildman–Crippen LogP) is 3.34. The van der Waals surface area contributed by atoms with Gasteiger partial charge in [0, 0.05) is 31.6 Å². The normalized spacial score (nSPS) is 20.6. The van der Waals surface area contributed by atoms with Crippen molar-refractivity contribution in [3.8, 4) is 0 Å². The van der Waals surface area contributed by atoms with Crippen LogP contribution in [-0.2, 0) is 21.6 Å². The molecular weight excluding hydrogens is 544 g/mol. The number of hydrogen-bond donors (Lipinski definition) is 2. The molecule has 2 N–H and O–H groups in total. The van der Waals surface area contributed by atoms with Crippen LogP contribution < -0.4 is 10.6 Å². The van der Waals surface area contributed by atoms with Crippen LogP contribution in [0.3, 0.4) is 0 Å². The molecule has 0 radical (unpaired) electrons. The summed E-state index contributed by atoms with van der Waals surface area (Å²) in [6.07, 6.45) is -1.17. The Hall–Kier alpha value is -1.08. The van der Waals surface area contributed by atoms with E-state index in [1.165, 1.54) is 16.4 Å². The summed E-state index contributed by atoms with van der Waals surface area (Å²) in [5.74, 6) is 0.744. The molecule has 0 bridgehead atoms. The lowest BCUT2D eigenvalue weighted by Crippen LogP contribution is -2.44. The van der Waals surface area contributed by atoms with Gasteiger partial charge in [0.2, 0.25) is 10.0 Å². The molecule has 11 heteroatoms. The Kier molecular flexibility index (Phi) is 9.03. The summed E-state index contributed by atoms with van der Waals surface area (Å²) in [6.45, 7) is 4.26. The molecule has 3 rings (SSSR count). The first-order valence-electron chi connectivity index (χ1n) is 10.3. The highest BCUT2D eigenvalue weighted by atomic mass is 127. The van der Waals surface area contributed by atoms with Crippen molar-refractivity contribution in [1.29, 1.82) is 0 Å². The summed E-state index contributed by atoms with van der Waals surface area (Å²) in [6, 6.07) is 5.55. The molecule has 1 aromatic rings. The molecule has 31 heavy (non-hydrogen) atoms. The quantitative estimate of drug-likeness (QED) is 0.298. The third kappa shape index (κ3) is 6.47. The maximum Gasteiger partial charge on any atom is 0.416 e. The van der Waals surface area contributed by atoms with Crippen LogP contribution in [0.1, 0.15) is 43.7 Å². The van der Waals surface area contributed by atoms with E-state index in [4.69, 9.17) is 0 Å². The molecule has 2 aliphatic rings. The van der Waals surface area contributed by atoms with Gasteiger partial charge < -0.3 is 10.6 Å². The highest BCUT2D eigenvalue weighted by Crippen LogP contribution is 2.45. The molecule has 1 aromatic carbocycles. The number of hydrogen-bond acceptors (Lipinski definition) is 3. The lowest BCUT2D eigenvalue weighted by Gasteiger charge is -2.41. The van der Waals surface area contributed by atoms with Gasteiger partial charge in [-0.15, -0.1) is 24.0 Å². The van der Waals surface area contributed by atoms with Gasteiger partial charge in [0.15, 0.2) is 5.96 Å². The first kappa shape index (κ1) is 26.2. The summed E-state index contributed by atoms with van der Waals surface area (Å²) in [7, 11) is -3.14. The van der Waals surface area contributed by atoms with Crippen LogP contribution in [0.15, 0.2) is 29.3 Å². The highest BCUT2D eigenvalue weighted by Gasteiger charge is 2.40. The number of nitrogens with zero attached hydrogens (tertiary/aromatic N) is 2. The van der Waals surface area contributed by atoms with E-state index in [0.29, 0.717) is 50.7 Å². The largest absolute Gasteiger partial charge is 0.416 e. The van der Waals surface area contributed by atoms with Gasteiger partial charge in [-0.25, -0.2) is 12.7 Å². The Bertz CT molecular complexity index is 873. The van der Waals surface area contributed by atoms with Crippen molar-refractivity contribution in [3.63, 3.8) is 0 Å². The van der Waals surface area contributed by atoms with Gasteiger partial charge in [0.25, 0.3) is 0 Å². The fourth-order valence-corrected chi connectivity index (χ4v) is 5.51. The zero-order chi connectivity index (χ0) is 21.8. The standard InChI is InChI=1S/C20H29F3N4O2S.HI/c1-2-24-18(25-10-12-27-11-5-13-30(27,28)29)26-15-19(8-4-9-19)16-6-3-7-17(14-16)20(21,22)23;/h3,6-7,14H,2,4-5,8-13,15H2,1H3,(H2,24,25,26);1H. The Morgan fingerprint density at radius 3 is 2.52 bits per heavy atom. The van der Waals surface area contributed by atoms with Crippen molar-refractivity contribution < 1.29 is 21.6 Å². The van der Waals surface area contributed by atoms with Crippen molar-refractivity contribution in [2.24, 2.45) is 4.99 Å². The van der Waals surface area contributed by atoms with Gasteiger partial charge in [0.05, 0.1) is 17.9 Å². The maximum absolute atomic E-state index is 13.1. The molecule has 1 heterocycles. The molecular formula is C20H30F3IN4O2S. The van der Waals surface area contributed by atoms with Gasteiger partial charge in [0.1, 0.15) is 0 Å². The summed E-state index contributed by atoms with van der Waals surface area (Å²) < 4.78 is 64.6. The summed E-state index contributed by atoms with van der Waals surface area (Å²) in [4.78, 5) is 4.62. The Labute approximate surface area is 199 Å². The number of aliphatic imine (C=N–C) groups is 1. The zero-order valence-corrected chi connectivity index (χ0v) is 20.7. The number of guanidine groups is 1. The minimum absolute atomic E-state index is 0. The van der Waals surface area contributed by atoms with Crippen LogP contribution in [0.25, 0.3) is 0 Å². The Balaban J connectivity index is 0.00000341. The van der Waals surface area contributed by atoms with E-state index in [0.717, 1.165) is 25.3 Å². The second-order valence-corrected chi connectivity index (χ2v) is 9.99. The van der Waals surface area contributed by atoms with Crippen LogP contribution in [0.4, 0.5) is 13.2 Å². The van der Waals surface area contributed by atoms with Crippen molar-refractivity contribution in [3.05, 3.63) is 35.4 Å². The average Bonchev–Trinajstić information content (AvgIpc) is 2.98. The third-order valence-corrected chi connectivity index (χ3v) is 7.81. The first-order valence-corrected chi connectivity index (χ1v) is 11.9. The molecule has 0 aromatic heterocycles. The summed E-state index contributed by atoms with van der Waals surface area (Å²) in [5, 5.41) is 6.27. The number of alkyl halides is 3. The monoisotopic (exact) mass is 574 g/mol. The smallest absolute Gasteiger partial charge is 0.357 e. The van der Waals surface area contributed by atoms with E-state index < -0.39 is 21.8 Å². The highest BCUT2D eigenvalue weighted by molar-refractivity contribution is 14.0. The minimum Gasteiger partial charge on any atom is -0.357 e. The molecule has 0 atom stereocenters. The Morgan fingerprint density at radius 2 is 1.97 bits per heavy atom. The van der Waals surface area contributed by atoms with Crippen LogP contribution in [0.2, 0.25) is 0 Å². The van der Waals surface area contributed by atoms with Gasteiger partial charge in [-0.1, -0.05) is 24.6 Å². The van der Waals surface area contributed by atoms with Crippen molar-refractivity contribution in [1.82, 2.24) is 14.9 Å². The van der Waals surface area contributed by atoms with Crippen molar-refractivity contribution in [2.75, 3.05) is 38.5 Å². The predicted molar refractivity (Wildman–Crippen MR) is 126 cm³/mol. The van der Waals surface area contributed by atoms with E-state index >= 15 is 0 Å². The van der Waals surface area contributed by atoms with Crippen LogP contribution >= 0.6 is 24.0 Å². The van der Waals surface area contributed by atoms with E-state index in [-0.39, 0.29) is 35.1 Å². The Morgan fingerprint density at radius 1 is 1.23 bits per heavy atom. The second kappa shape index (κ2) is 10.7. The first-order chi connectivity index (χ1) is 14.2. The van der Waals surface area contributed by atoms with Gasteiger partial charge in [-0.05, 0) is 37.8 Å². The van der Waals surface area contributed by atoms with E-state index in [9.17, 15) is 21.6 Å². The number of sulfonamides is 1. The fraction of sp³-hybridized carbons (Fsp3) is 0.650. The SMILES string of the molecule is CCNC(=NCC1(c2cccc(C(F)(F)F)c2)CCC1)NCCN1CCCS1(=O)=O.I. The second-order valence-electron chi connectivity index (χ2n) is 7.90. The van der Waals surface area contributed by atoms with E-state index in [2.05, 4.69) is 15.6 Å². The number of rotatable bonds is 7. The lowest BCUT2D eigenvalue weighted by molar-refractivity contribution is -0.137. The van der Waals surface area contributed by atoms with E-state index in [1.54, 1.807) is 6.07 Å². The average molecular weight is 574 g/mol. The third-order valence-electron chi connectivity index (χ3n) is 5.85. The van der Waals surface area contributed by atoms with Crippen LogP contribution in [0, 0.1) is 0 Å². The number of benzene rings is 1. The molecule has 176 valence electrons. The molecule has 0 spiro atoms. The molecule has 6 nitrogen and oxygen atoms in total. The molecule has 1 aliphatic heterocycles. The zero-order valence-electron chi connectivity index (χ0n) is 17.5. The van der Waals surface area contributed by atoms with Gasteiger partial charge >= 0.3 is 6.18 Å². The van der Waals surface area contributed by atoms with Crippen molar-refractivity contribution >= 4 is 40.0 Å². The molecule has 1 aliphatic carbocycles. The van der Waals surface area contributed by atoms with Gasteiger partial charge in [-0.3, -0.25) is 4.99 Å². The van der Waals surface area contributed by atoms with Crippen molar-refractivity contribution in [2.45, 2.75) is 44.2 Å². The number of nitrogens with one attached hydrogen (secondary N) is 2. The summed E-state index contributed by atoms with van der Waals surface area (Å²) in [5.41, 5.74) is -0.347. The molecule has 0 unspecified atom stereocenters. The van der Waals surface area contributed by atoms with Crippen LogP contribution in [-0.4, -0.2) is 57.2 Å². The minimum atomic E-state index is -4.36. The molecule has 0 amide bonds. The van der Waals surface area contributed by atoms with E-state index in [1.807, 2.05) is 6.92 Å². The summed E-state index contributed by atoms with van der Waals surface area (Å²) >= 11 is 0. The number of halogens is 4. The topological polar surface area (TPSA) is 73.8 Å². The fourth-order valence-electron chi connectivity index (χ4n) is 3.98. The lowest BCUT2D eigenvalue weighted by atomic mass is 9.64. The molecule has 2 fully saturated rings.